The number of sulfone groups is 1. The standard InChI is InChI=1S/C20H24N2O3S/c1-22(19-12-5-8-15-7-3-4-11-18(15)19)14-20(23)21-16-9-6-10-17(13-16)26(2,24)25/h3-4,6-7,9-11,13,19H,5,8,12,14H2,1-2H3,(H,21,23)/t19-/m1/s1. The smallest absolute Gasteiger partial charge is 0.238 e. The number of rotatable bonds is 5. The van der Waals surface area contributed by atoms with E-state index in [0.717, 1.165) is 25.5 Å². The van der Waals surface area contributed by atoms with Crippen LogP contribution in [0.2, 0.25) is 0 Å². The van der Waals surface area contributed by atoms with E-state index < -0.39 is 9.84 Å². The van der Waals surface area contributed by atoms with Crippen molar-refractivity contribution in [3.05, 3.63) is 59.7 Å². The second-order valence-electron chi connectivity index (χ2n) is 6.87. The van der Waals surface area contributed by atoms with E-state index in [4.69, 9.17) is 0 Å². The van der Waals surface area contributed by atoms with Gasteiger partial charge in [0.15, 0.2) is 9.84 Å². The topological polar surface area (TPSA) is 66.5 Å². The summed E-state index contributed by atoms with van der Waals surface area (Å²) in [5, 5.41) is 2.80. The van der Waals surface area contributed by atoms with Gasteiger partial charge in [0.1, 0.15) is 0 Å². The number of amides is 1. The minimum atomic E-state index is -3.30. The minimum absolute atomic E-state index is 0.152. The average Bonchev–Trinajstić information content (AvgIpc) is 2.60. The maximum absolute atomic E-state index is 12.4. The number of carbonyl (C=O) groups is 1. The van der Waals surface area contributed by atoms with Crippen molar-refractivity contribution in [3.63, 3.8) is 0 Å². The predicted molar refractivity (Wildman–Crippen MR) is 103 cm³/mol. The highest BCUT2D eigenvalue weighted by atomic mass is 32.2. The number of fused-ring (bicyclic) bond motifs is 1. The number of aryl methyl sites for hydroxylation is 1. The van der Waals surface area contributed by atoms with E-state index in [0.29, 0.717) is 5.69 Å². The molecule has 0 bridgehead atoms. The third-order valence-electron chi connectivity index (χ3n) is 4.81. The Labute approximate surface area is 154 Å². The van der Waals surface area contributed by atoms with E-state index in [1.165, 1.54) is 23.3 Å². The van der Waals surface area contributed by atoms with Crippen molar-refractivity contribution >= 4 is 21.4 Å². The second-order valence-corrected chi connectivity index (χ2v) is 8.89. The Balaban J connectivity index is 1.68. The van der Waals surface area contributed by atoms with Gasteiger partial charge in [0.05, 0.1) is 11.4 Å². The summed E-state index contributed by atoms with van der Waals surface area (Å²) in [6.45, 7) is 0.252. The summed E-state index contributed by atoms with van der Waals surface area (Å²) in [4.78, 5) is 14.7. The van der Waals surface area contributed by atoms with Gasteiger partial charge in [0.2, 0.25) is 5.91 Å². The largest absolute Gasteiger partial charge is 0.325 e. The molecule has 0 radical (unpaired) electrons. The number of carbonyl (C=O) groups excluding carboxylic acids is 1. The summed E-state index contributed by atoms with van der Waals surface area (Å²) in [6, 6.07) is 15.0. The number of hydrogen-bond donors (Lipinski definition) is 1. The molecule has 2 aromatic rings. The van der Waals surface area contributed by atoms with Gasteiger partial charge in [-0.05, 0) is 55.6 Å². The van der Waals surface area contributed by atoms with Gasteiger partial charge in [0, 0.05) is 18.0 Å². The molecule has 0 heterocycles. The van der Waals surface area contributed by atoms with Crippen LogP contribution in [0.15, 0.2) is 53.4 Å². The molecular formula is C20H24N2O3S. The van der Waals surface area contributed by atoms with Crippen molar-refractivity contribution in [2.24, 2.45) is 0 Å². The molecule has 0 fully saturated rings. The van der Waals surface area contributed by atoms with Gasteiger partial charge in [-0.1, -0.05) is 30.3 Å². The lowest BCUT2D eigenvalue weighted by Gasteiger charge is -2.32. The van der Waals surface area contributed by atoms with Crippen LogP contribution in [0.1, 0.15) is 30.0 Å². The number of benzene rings is 2. The molecule has 0 aromatic heterocycles. The highest BCUT2D eigenvalue weighted by molar-refractivity contribution is 7.90. The fourth-order valence-electron chi connectivity index (χ4n) is 3.53. The van der Waals surface area contributed by atoms with Crippen molar-refractivity contribution in [1.29, 1.82) is 0 Å². The number of nitrogens with zero attached hydrogens (tertiary/aromatic N) is 1. The molecule has 0 aliphatic heterocycles. The van der Waals surface area contributed by atoms with Crippen molar-refractivity contribution < 1.29 is 13.2 Å². The van der Waals surface area contributed by atoms with Crippen LogP contribution in [0.25, 0.3) is 0 Å². The lowest BCUT2D eigenvalue weighted by atomic mass is 9.87. The van der Waals surface area contributed by atoms with Gasteiger partial charge in [-0.3, -0.25) is 9.69 Å². The van der Waals surface area contributed by atoms with Crippen molar-refractivity contribution in [3.8, 4) is 0 Å². The lowest BCUT2D eigenvalue weighted by Crippen LogP contribution is -2.34. The first-order valence-corrected chi connectivity index (χ1v) is 10.6. The molecule has 0 spiro atoms. The number of hydrogen-bond acceptors (Lipinski definition) is 4. The molecule has 3 rings (SSSR count). The molecule has 6 heteroatoms. The predicted octanol–water partition coefficient (Wildman–Crippen LogP) is 3.04. The Morgan fingerprint density at radius 3 is 2.73 bits per heavy atom. The van der Waals surface area contributed by atoms with E-state index in [-0.39, 0.29) is 23.4 Å². The van der Waals surface area contributed by atoms with Crippen LogP contribution in [0.3, 0.4) is 0 Å². The SMILES string of the molecule is CN(CC(=O)Nc1cccc(S(C)(=O)=O)c1)[C@@H]1CCCc2ccccc21. The molecule has 1 aliphatic carbocycles. The van der Waals surface area contributed by atoms with Crippen LogP contribution in [0.4, 0.5) is 5.69 Å². The Morgan fingerprint density at radius 1 is 1.19 bits per heavy atom. The molecule has 1 aliphatic rings. The molecule has 1 N–H and O–H groups in total. The van der Waals surface area contributed by atoms with Gasteiger partial charge in [-0.25, -0.2) is 8.42 Å². The first-order valence-electron chi connectivity index (χ1n) is 8.72. The van der Waals surface area contributed by atoms with Crippen LogP contribution in [0, 0.1) is 0 Å². The zero-order chi connectivity index (χ0) is 18.7. The average molecular weight is 372 g/mol. The van der Waals surface area contributed by atoms with Crippen LogP contribution in [-0.2, 0) is 21.1 Å². The Morgan fingerprint density at radius 2 is 1.96 bits per heavy atom. The second kappa shape index (κ2) is 7.60. The minimum Gasteiger partial charge on any atom is -0.325 e. The molecular weight excluding hydrogens is 348 g/mol. The van der Waals surface area contributed by atoms with Gasteiger partial charge in [-0.15, -0.1) is 0 Å². The number of likely N-dealkylation sites (N-methyl/N-ethyl adjacent to an activating group) is 1. The molecule has 0 saturated heterocycles. The zero-order valence-electron chi connectivity index (χ0n) is 15.1. The monoisotopic (exact) mass is 372 g/mol. The van der Waals surface area contributed by atoms with E-state index in [2.05, 4.69) is 28.4 Å². The van der Waals surface area contributed by atoms with Crippen molar-refractivity contribution in [2.45, 2.75) is 30.2 Å². The zero-order valence-corrected chi connectivity index (χ0v) is 15.9. The summed E-state index contributed by atoms with van der Waals surface area (Å²) in [5.41, 5.74) is 3.15. The van der Waals surface area contributed by atoms with Gasteiger partial charge in [-0.2, -0.15) is 0 Å². The molecule has 2 aromatic carbocycles. The summed E-state index contributed by atoms with van der Waals surface area (Å²) in [7, 11) is -1.34. The third-order valence-corrected chi connectivity index (χ3v) is 5.92. The van der Waals surface area contributed by atoms with Gasteiger partial charge in [0.25, 0.3) is 0 Å². The molecule has 138 valence electrons. The van der Waals surface area contributed by atoms with E-state index in [9.17, 15) is 13.2 Å². The highest BCUT2D eigenvalue weighted by Crippen LogP contribution is 2.33. The van der Waals surface area contributed by atoms with Crippen LogP contribution in [0.5, 0.6) is 0 Å². The Kier molecular flexibility index (Phi) is 5.44. The maximum atomic E-state index is 12.4. The van der Waals surface area contributed by atoms with E-state index >= 15 is 0 Å². The molecule has 26 heavy (non-hydrogen) atoms. The first kappa shape index (κ1) is 18.6. The normalized spacial score (nSPS) is 17.0. The molecule has 0 unspecified atom stereocenters. The van der Waals surface area contributed by atoms with Crippen LogP contribution < -0.4 is 5.32 Å². The molecule has 0 saturated carbocycles. The quantitative estimate of drug-likeness (QED) is 0.876. The molecule has 5 nitrogen and oxygen atoms in total. The van der Waals surface area contributed by atoms with Crippen molar-refractivity contribution in [2.75, 3.05) is 25.2 Å². The Bertz CT molecular complexity index is 909. The fourth-order valence-corrected chi connectivity index (χ4v) is 4.19. The first-order chi connectivity index (χ1) is 12.3. The van der Waals surface area contributed by atoms with E-state index in [1.807, 2.05) is 13.1 Å². The van der Waals surface area contributed by atoms with Crippen LogP contribution >= 0.6 is 0 Å². The highest BCUT2D eigenvalue weighted by Gasteiger charge is 2.24. The third kappa shape index (κ3) is 4.31. The lowest BCUT2D eigenvalue weighted by molar-refractivity contribution is -0.117. The number of nitrogens with one attached hydrogen (secondary N) is 1. The molecule has 1 amide bonds. The van der Waals surface area contributed by atoms with Gasteiger partial charge >= 0.3 is 0 Å². The van der Waals surface area contributed by atoms with Crippen molar-refractivity contribution in [1.82, 2.24) is 4.90 Å². The summed E-state index contributed by atoms with van der Waals surface area (Å²) in [5.74, 6) is -0.152. The van der Waals surface area contributed by atoms with Gasteiger partial charge < -0.3 is 5.32 Å². The van der Waals surface area contributed by atoms with E-state index in [1.54, 1.807) is 12.1 Å². The summed E-state index contributed by atoms with van der Waals surface area (Å²) in [6.07, 6.45) is 4.39. The summed E-state index contributed by atoms with van der Waals surface area (Å²) >= 11 is 0. The number of anilines is 1. The Hall–Kier alpha value is -2.18. The molecule has 1 atom stereocenters. The summed E-state index contributed by atoms with van der Waals surface area (Å²) < 4.78 is 23.3. The fraction of sp³-hybridized carbons (Fsp3) is 0.350. The maximum Gasteiger partial charge on any atom is 0.238 e. The van der Waals surface area contributed by atoms with Crippen LogP contribution in [-0.4, -0.2) is 39.1 Å².